The minimum atomic E-state index is -0.342. The Morgan fingerprint density at radius 1 is 1.21 bits per heavy atom. The number of ether oxygens (including phenoxy) is 1. The molecule has 0 aliphatic carbocycles. The van der Waals surface area contributed by atoms with Crippen LogP contribution < -0.4 is 4.74 Å². The Kier molecular flexibility index (Phi) is 5.42. The van der Waals surface area contributed by atoms with Gasteiger partial charge in [-0.15, -0.1) is 0 Å². The molecule has 2 amide bonds. The molecule has 29 heavy (non-hydrogen) atoms. The monoisotopic (exact) mass is 398 g/mol. The van der Waals surface area contributed by atoms with Gasteiger partial charge in [0.1, 0.15) is 17.4 Å². The topological polar surface area (TPSA) is 75.6 Å². The lowest BCUT2D eigenvalue weighted by Gasteiger charge is -2.27. The number of likely N-dealkylation sites (tertiary alicyclic amines) is 1. The molecule has 2 aliphatic rings. The highest BCUT2D eigenvalue weighted by molar-refractivity contribution is 5.78. The number of fused-ring (bicyclic) bond motifs is 1. The lowest BCUT2D eigenvalue weighted by molar-refractivity contribution is -0.132. The van der Waals surface area contributed by atoms with E-state index in [0.29, 0.717) is 31.9 Å². The molecular weight excluding hydrogens is 375 g/mol. The van der Waals surface area contributed by atoms with Crippen LogP contribution in [0.3, 0.4) is 0 Å². The van der Waals surface area contributed by atoms with E-state index in [1.54, 1.807) is 16.7 Å². The normalized spacial score (nSPS) is 18.5. The van der Waals surface area contributed by atoms with Gasteiger partial charge in [0.25, 0.3) is 5.91 Å². The molecule has 1 aromatic carbocycles. The van der Waals surface area contributed by atoms with Gasteiger partial charge in [0.05, 0.1) is 5.69 Å². The number of halogens is 1. The Balaban J connectivity index is 1.34. The van der Waals surface area contributed by atoms with E-state index in [1.807, 2.05) is 6.20 Å². The van der Waals surface area contributed by atoms with Gasteiger partial charge in [0.2, 0.25) is 5.91 Å². The molecule has 1 saturated heterocycles. The van der Waals surface area contributed by atoms with Crippen LogP contribution in [0.15, 0.2) is 30.5 Å². The van der Waals surface area contributed by atoms with Gasteiger partial charge in [-0.3, -0.25) is 9.59 Å². The van der Waals surface area contributed by atoms with Gasteiger partial charge in [-0.2, -0.15) is 0 Å². The van der Waals surface area contributed by atoms with Crippen LogP contribution in [0.25, 0.3) is 0 Å². The second-order valence-electron chi connectivity index (χ2n) is 7.46. The third kappa shape index (κ3) is 4.36. The minimum absolute atomic E-state index is 0.0625. The van der Waals surface area contributed by atoms with Crippen LogP contribution in [0.2, 0.25) is 0 Å². The van der Waals surface area contributed by atoms with Gasteiger partial charge >= 0.3 is 0 Å². The van der Waals surface area contributed by atoms with Gasteiger partial charge in [-0.05, 0) is 30.7 Å². The first kappa shape index (κ1) is 19.3. The molecule has 2 aliphatic heterocycles. The molecule has 8 heteroatoms. The molecule has 0 N–H and O–H groups in total. The molecule has 2 aromatic rings. The number of carbonyl (C=O) groups excluding carboxylic acids is 2. The van der Waals surface area contributed by atoms with E-state index < -0.39 is 0 Å². The highest BCUT2D eigenvalue weighted by atomic mass is 19.1. The van der Waals surface area contributed by atoms with Crippen LogP contribution in [0.1, 0.15) is 36.3 Å². The third-order valence-corrected chi connectivity index (χ3v) is 5.48. The second-order valence-corrected chi connectivity index (χ2v) is 7.46. The number of hydrogen-bond donors (Lipinski definition) is 0. The number of rotatable bonds is 4. The quantitative estimate of drug-likeness (QED) is 0.787. The van der Waals surface area contributed by atoms with E-state index in [2.05, 4.69) is 4.98 Å². The zero-order valence-electron chi connectivity index (χ0n) is 16.3. The fraction of sp³-hybridized carbons (Fsp3) is 0.429. The van der Waals surface area contributed by atoms with Crippen LogP contribution in [0.5, 0.6) is 5.75 Å². The van der Waals surface area contributed by atoms with Crippen LogP contribution in [0.4, 0.5) is 4.39 Å². The highest BCUT2D eigenvalue weighted by Crippen LogP contribution is 2.26. The largest absolute Gasteiger partial charge is 0.484 e. The van der Waals surface area contributed by atoms with Crippen molar-refractivity contribution in [1.82, 2.24) is 19.8 Å². The van der Waals surface area contributed by atoms with E-state index in [0.717, 1.165) is 29.9 Å². The molecule has 0 saturated carbocycles. The Labute approximate surface area is 168 Å². The standard InChI is InChI=1S/C21H23FN4O3/c1-14(27)25-9-7-19-16(12-25)10-23-21(24-19)15-6-8-26(11-15)20(28)13-29-18-4-2-17(22)3-5-18/h2-5,10,15H,6-9,11-13H2,1H3/t15-/m1/s1. The summed E-state index contributed by atoms with van der Waals surface area (Å²) >= 11 is 0. The fourth-order valence-corrected chi connectivity index (χ4v) is 3.76. The van der Waals surface area contributed by atoms with Crippen molar-refractivity contribution in [1.29, 1.82) is 0 Å². The number of amides is 2. The lowest BCUT2D eigenvalue weighted by Crippen LogP contribution is -2.35. The van der Waals surface area contributed by atoms with Crippen molar-refractivity contribution in [2.75, 3.05) is 26.2 Å². The van der Waals surface area contributed by atoms with E-state index in [1.165, 1.54) is 24.3 Å². The van der Waals surface area contributed by atoms with Gasteiger partial charge in [-0.1, -0.05) is 0 Å². The first-order valence-corrected chi connectivity index (χ1v) is 9.76. The zero-order valence-corrected chi connectivity index (χ0v) is 16.3. The average Bonchev–Trinajstić information content (AvgIpc) is 3.22. The van der Waals surface area contributed by atoms with Crippen LogP contribution >= 0.6 is 0 Å². The summed E-state index contributed by atoms with van der Waals surface area (Å²) in [6.45, 7) is 3.92. The number of hydrogen-bond acceptors (Lipinski definition) is 5. The van der Waals surface area contributed by atoms with Gasteiger partial charge in [-0.25, -0.2) is 14.4 Å². The maximum atomic E-state index is 12.9. The minimum Gasteiger partial charge on any atom is -0.484 e. The summed E-state index contributed by atoms with van der Waals surface area (Å²) in [7, 11) is 0. The summed E-state index contributed by atoms with van der Waals surface area (Å²) in [5.41, 5.74) is 1.99. The number of aromatic nitrogens is 2. The molecule has 1 fully saturated rings. The summed E-state index contributed by atoms with van der Waals surface area (Å²) in [5, 5.41) is 0. The van der Waals surface area contributed by atoms with E-state index in [4.69, 9.17) is 9.72 Å². The molecule has 0 spiro atoms. The smallest absolute Gasteiger partial charge is 0.260 e. The van der Waals surface area contributed by atoms with Gasteiger partial charge in [0.15, 0.2) is 6.61 Å². The first-order valence-electron chi connectivity index (χ1n) is 9.76. The van der Waals surface area contributed by atoms with Crippen LogP contribution in [-0.2, 0) is 22.6 Å². The van der Waals surface area contributed by atoms with Crippen LogP contribution in [0, 0.1) is 5.82 Å². The zero-order chi connectivity index (χ0) is 20.4. The molecule has 1 atom stereocenters. The van der Waals surface area contributed by atoms with Crippen molar-refractivity contribution in [2.45, 2.75) is 32.2 Å². The molecule has 7 nitrogen and oxygen atoms in total. The van der Waals surface area contributed by atoms with Crippen molar-refractivity contribution in [3.8, 4) is 5.75 Å². The van der Waals surface area contributed by atoms with E-state index in [-0.39, 0.29) is 30.2 Å². The SMILES string of the molecule is CC(=O)N1CCc2nc([C@@H]3CCN(C(=O)COc4ccc(F)cc4)C3)ncc2C1. The van der Waals surface area contributed by atoms with Crippen molar-refractivity contribution < 1.29 is 18.7 Å². The molecule has 0 bridgehead atoms. The van der Waals surface area contributed by atoms with Crippen molar-refractivity contribution in [3.63, 3.8) is 0 Å². The molecular formula is C21H23FN4O3. The third-order valence-electron chi connectivity index (χ3n) is 5.48. The number of carbonyl (C=O) groups is 2. The van der Waals surface area contributed by atoms with E-state index >= 15 is 0 Å². The molecule has 1 aromatic heterocycles. The molecule has 152 valence electrons. The number of nitrogens with zero attached hydrogens (tertiary/aromatic N) is 4. The van der Waals surface area contributed by atoms with Crippen LogP contribution in [-0.4, -0.2) is 57.8 Å². The van der Waals surface area contributed by atoms with Crippen molar-refractivity contribution in [2.24, 2.45) is 0 Å². The van der Waals surface area contributed by atoms with E-state index in [9.17, 15) is 14.0 Å². The second kappa shape index (κ2) is 8.14. The Morgan fingerprint density at radius 2 is 2.00 bits per heavy atom. The molecule has 3 heterocycles. The summed E-state index contributed by atoms with van der Waals surface area (Å²) in [5.74, 6) is 0.938. The molecule has 0 unspecified atom stereocenters. The summed E-state index contributed by atoms with van der Waals surface area (Å²) in [6, 6.07) is 5.61. The lowest BCUT2D eigenvalue weighted by atomic mass is 10.0. The first-order chi connectivity index (χ1) is 14.0. The van der Waals surface area contributed by atoms with Gasteiger partial charge in [0, 0.05) is 57.2 Å². The predicted molar refractivity (Wildman–Crippen MR) is 103 cm³/mol. The Hall–Kier alpha value is -3.03. The highest BCUT2D eigenvalue weighted by Gasteiger charge is 2.30. The molecule has 0 radical (unpaired) electrons. The summed E-state index contributed by atoms with van der Waals surface area (Å²) in [6.07, 6.45) is 3.35. The predicted octanol–water partition coefficient (Wildman–Crippen LogP) is 1.92. The van der Waals surface area contributed by atoms with Crippen molar-refractivity contribution in [3.05, 3.63) is 53.4 Å². The summed E-state index contributed by atoms with van der Waals surface area (Å²) in [4.78, 5) is 36.8. The molecule has 4 rings (SSSR count). The Morgan fingerprint density at radius 3 is 2.76 bits per heavy atom. The Bertz CT molecular complexity index is 919. The summed E-state index contributed by atoms with van der Waals surface area (Å²) < 4.78 is 18.4. The number of benzene rings is 1. The maximum absolute atomic E-state index is 12.9. The maximum Gasteiger partial charge on any atom is 0.260 e. The average molecular weight is 398 g/mol. The van der Waals surface area contributed by atoms with Crippen molar-refractivity contribution >= 4 is 11.8 Å². The fourth-order valence-electron chi connectivity index (χ4n) is 3.76. The van der Waals surface area contributed by atoms with Gasteiger partial charge < -0.3 is 14.5 Å².